The number of imidazole rings is 1. The Kier molecular flexibility index (Phi) is 5.22. The third-order valence-corrected chi connectivity index (χ3v) is 5.54. The molecule has 10 nitrogen and oxygen atoms in total. The summed E-state index contributed by atoms with van der Waals surface area (Å²) in [6.07, 6.45) is 1.46. The van der Waals surface area contributed by atoms with Gasteiger partial charge < -0.3 is 14.9 Å². The number of aliphatic hydroxyl groups is 2. The molecule has 3 heterocycles. The zero-order valence-electron chi connectivity index (χ0n) is 14.6. The lowest BCUT2D eigenvalue weighted by Gasteiger charge is -2.16. The number of nitrogens with zero attached hydrogens (tertiary/aromatic N) is 5. The molecule has 11 heteroatoms. The predicted octanol–water partition coefficient (Wildman–Crippen LogP) is 1.67. The Hall–Kier alpha value is -2.60. The average Bonchev–Trinajstić information content (AvgIpc) is 3.29. The second-order valence-corrected chi connectivity index (χ2v) is 7.31. The lowest BCUT2D eigenvalue weighted by atomic mass is 10.2. The van der Waals surface area contributed by atoms with Crippen LogP contribution in [0.25, 0.3) is 11.2 Å². The number of thioether (sulfide) groups is 1. The Bertz CT molecular complexity index is 995. The maximum atomic E-state index is 10.7. The van der Waals surface area contributed by atoms with Crippen LogP contribution in [0.2, 0.25) is 0 Å². The molecule has 28 heavy (non-hydrogen) atoms. The molecule has 0 amide bonds. The molecule has 1 saturated heterocycles. The molecule has 1 fully saturated rings. The highest BCUT2D eigenvalue weighted by Gasteiger charge is 2.36. The summed E-state index contributed by atoms with van der Waals surface area (Å²) in [4.78, 5) is 23.2. The fourth-order valence-electron chi connectivity index (χ4n) is 3.09. The van der Waals surface area contributed by atoms with Gasteiger partial charge in [-0.15, -0.1) is 0 Å². The number of rotatable bonds is 6. The van der Waals surface area contributed by atoms with Crippen molar-refractivity contribution in [3.63, 3.8) is 0 Å². The summed E-state index contributed by atoms with van der Waals surface area (Å²) in [5, 5.41) is 30.9. The van der Waals surface area contributed by atoms with E-state index in [4.69, 9.17) is 4.74 Å². The first kappa shape index (κ1) is 18.7. The number of benzene rings is 1. The van der Waals surface area contributed by atoms with E-state index in [2.05, 4.69) is 15.0 Å². The van der Waals surface area contributed by atoms with E-state index in [1.54, 1.807) is 23.0 Å². The second-order valence-electron chi connectivity index (χ2n) is 6.35. The number of hydrogen-bond donors (Lipinski definition) is 2. The van der Waals surface area contributed by atoms with Crippen LogP contribution in [0.3, 0.4) is 0 Å². The molecule has 4 rings (SSSR count). The van der Waals surface area contributed by atoms with Gasteiger partial charge in [-0.1, -0.05) is 23.9 Å². The van der Waals surface area contributed by atoms with E-state index >= 15 is 0 Å². The fourth-order valence-corrected chi connectivity index (χ4v) is 3.98. The molecule has 0 radical (unpaired) electrons. The highest BCUT2D eigenvalue weighted by Crippen LogP contribution is 2.33. The van der Waals surface area contributed by atoms with Crippen molar-refractivity contribution < 1.29 is 19.9 Å². The molecule has 3 atom stereocenters. The van der Waals surface area contributed by atoms with Gasteiger partial charge in [0.2, 0.25) is 0 Å². The van der Waals surface area contributed by atoms with Crippen LogP contribution >= 0.6 is 11.8 Å². The van der Waals surface area contributed by atoms with Crippen molar-refractivity contribution in [2.75, 3.05) is 6.61 Å². The number of nitro benzene ring substituents is 1. The summed E-state index contributed by atoms with van der Waals surface area (Å²) in [5.74, 6) is 0.562. The summed E-state index contributed by atoms with van der Waals surface area (Å²) in [6.45, 7) is -0.161. The number of non-ortho nitro benzene ring substituents is 1. The van der Waals surface area contributed by atoms with Crippen molar-refractivity contribution in [1.29, 1.82) is 0 Å². The summed E-state index contributed by atoms with van der Waals surface area (Å²) >= 11 is 1.44. The number of aliphatic hydroxyl groups excluding tert-OH is 2. The van der Waals surface area contributed by atoms with E-state index in [9.17, 15) is 20.3 Å². The SMILES string of the molecule is O=[N+]([O-])c1ccc(CSc2ncnc3c2ncn3[C@@H]2O[C@H](CO)C[C@H]2O)cc1. The van der Waals surface area contributed by atoms with Gasteiger partial charge in [-0.2, -0.15) is 0 Å². The van der Waals surface area contributed by atoms with Gasteiger partial charge in [0.15, 0.2) is 11.9 Å². The number of hydrogen-bond acceptors (Lipinski definition) is 9. The minimum absolute atomic E-state index is 0.0493. The number of fused-ring (bicyclic) bond motifs is 1. The third-order valence-electron chi connectivity index (χ3n) is 4.49. The van der Waals surface area contributed by atoms with Crippen LogP contribution in [0.15, 0.2) is 41.9 Å². The van der Waals surface area contributed by atoms with Gasteiger partial charge in [-0.25, -0.2) is 15.0 Å². The fraction of sp³-hybridized carbons (Fsp3) is 0.353. The lowest BCUT2D eigenvalue weighted by Crippen LogP contribution is -2.19. The molecule has 1 aromatic carbocycles. The topological polar surface area (TPSA) is 136 Å². The van der Waals surface area contributed by atoms with E-state index in [1.165, 1.54) is 30.2 Å². The molecule has 1 aliphatic rings. The first-order valence-corrected chi connectivity index (χ1v) is 9.53. The third kappa shape index (κ3) is 3.56. The average molecular weight is 403 g/mol. The van der Waals surface area contributed by atoms with Crippen LogP contribution < -0.4 is 0 Å². The molecule has 0 saturated carbocycles. The van der Waals surface area contributed by atoms with Crippen molar-refractivity contribution >= 4 is 28.6 Å². The Morgan fingerprint density at radius 2 is 2.07 bits per heavy atom. The molecule has 0 bridgehead atoms. The minimum atomic E-state index is -0.763. The molecule has 1 aliphatic heterocycles. The largest absolute Gasteiger partial charge is 0.394 e. The highest BCUT2D eigenvalue weighted by molar-refractivity contribution is 7.98. The van der Waals surface area contributed by atoms with Crippen molar-refractivity contribution in [3.05, 3.63) is 52.6 Å². The Balaban J connectivity index is 1.54. The number of aromatic nitrogens is 4. The Morgan fingerprint density at radius 3 is 2.75 bits per heavy atom. The molecule has 0 aliphatic carbocycles. The summed E-state index contributed by atoms with van der Waals surface area (Å²) < 4.78 is 7.32. The maximum absolute atomic E-state index is 10.7. The van der Waals surface area contributed by atoms with Crippen LogP contribution in [0.5, 0.6) is 0 Å². The van der Waals surface area contributed by atoms with E-state index < -0.39 is 23.4 Å². The molecule has 0 spiro atoms. The first-order valence-electron chi connectivity index (χ1n) is 8.55. The second kappa shape index (κ2) is 7.80. The minimum Gasteiger partial charge on any atom is -0.394 e. The van der Waals surface area contributed by atoms with Crippen LogP contribution in [0.1, 0.15) is 18.2 Å². The molecule has 2 aromatic heterocycles. The zero-order valence-corrected chi connectivity index (χ0v) is 15.4. The molecule has 146 valence electrons. The van der Waals surface area contributed by atoms with Crippen LogP contribution in [0.4, 0.5) is 5.69 Å². The van der Waals surface area contributed by atoms with Crippen molar-refractivity contribution in [2.24, 2.45) is 0 Å². The highest BCUT2D eigenvalue weighted by atomic mass is 32.2. The van der Waals surface area contributed by atoms with Crippen LogP contribution in [0, 0.1) is 10.1 Å². The molecular weight excluding hydrogens is 386 g/mol. The molecule has 3 aromatic rings. The molecule has 0 unspecified atom stereocenters. The van der Waals surface area contributed by atoms with Crippen LogP contribution in [-0.2, 0) is 10.5 Å². The van der Waals surface area contributed by atoms with Crippen molar-refractivity contribution in [2.45, 2.75) is 35.6 Å². The summed E-state index contributed by atoms with van der Waals surface area (Å²) in [6, 6.07) is 6.35. The summed E-state index contributed by atoms with van der Waals surface area (Å²) in [5.41, 5.74) is 2.08. The van der Waals surface area contributed by atoms with E-state index in [-0.39, 0.29) is 12.3 Å². The Labute approximate surface area is 163 Å². The lowest BCUT2D eigenvalue weighted by molar-refractivity contribution is -0.384. The predicted molar refractivity (Wildman–Crippen MR) is 99.6 cm³/mol. The number of nitro groups is 1. The van der Waals surface area contributed by atoms with Gasteiger partial charge in [-0.3, -0.25) is 14.7 Å². The van der Waals surface area contributed by atoms with Gasteiger partial charge in [0, 0.05) is 24.3 Å². The van der Waals surface area contributed by atoms with E-state index in [0.717, 1.165) is 5.56 Å². The standard InChI is InChI=1S/C17H17N5O5S/c23-6-12-5-13(24)17(27-12)21-9-20-14-15(21)18-8-19-16(14)28-7-10-1-3-11(4-2-10)22(25)26/h1-4,8-9,12-13,17,23-24H,5-7H2/t12-,13+,17+/m0/s1. The zero-order chi connectivity index (χ0) is 19.7. The van der Waals surface area contributed by atoms with Gasteiger partial charge in [-0.05, 0) is 5.56 Å². The monoisotopic (exact) mass is 403 g/mol. The van der Waals surface area contributed by atoms with E-state index in [1.807, 2.05) is 0 Å². The quantitative estimate of drug-likeness (QED) is 0.272. The Morgan fingerprint density at radius 1 is 1.29 bits per heavy atom. The van der Waals surface area contributed by atoms with E-state index in [0.29, 0.717) is 28.4 Å². The smallest absolute Gasteiger partial charge is 0.269 e. The molecule has 2 N–H and O–H groups in total. The first-order chi connectivity index (χ1) is 13.6. The van der Waals surface area contributed by atoms with Crippen LogP contribution in [-0.4, -0.2) is 53.5 Å². The van der Waals surface area contributed by atoms with Gasteiger partial charge in [0.1, 0.15) is 23.0 Å². The normalized spacial score (nSPS) is 22.0. The van der Waals surface area contributed by atoms with Crippen molar-refractivity contribution in [3.8, 4) is 0 Å². The van der Waals surface area contributed by atoms with Gasteiger partial charge in [0.05, 0.1) is 24.0 Å². The molecular formula is C17H17N5O5S. The maximum Gasteiger partial charge on any atom is 0.269 e. The van der Waals surface area contributed by atoms with Gasteiger partial charge in [0.25, 0.3) is 5.69 Å². The number of ether oxygens (including phenoxy) is 1. The van der Waals surface area contributed by atoms with Crippen molar-refractivity contribution in [1.82, 2.24) is 19.5 Å². The summed E-state index contributed by atoms with van der Waals surface area (Å²) in [7, 11) is 0. The van der Waals surface area contributed by atoms with Gasteiger partial charge >= 0.3 is 0 Å².